The molecule has 0 unspecified atom stereocenters. The van der Waals surface area contributed by atoms with Crippen molar-refractivity contribution in [3.63, 3.8) is 0 Å². The highest BCUT2D eigenvalue weighted by atomic mass is 79.9. The summed E-state index contributed by atoms with van der Waals surface area (Å²) in [5, 5.41) is 15.1. The lowest BCUT2D eigenvalue weighted by Gasteiger charge is -2.10. The summed E-state index contributed by atoms with van der Waals surface area (Å²) in [6, 6.07) is 4.32. The number of carboxylic acid groups (broad SMARTS) is 1. The molecule has 0 saturated heterocycles. The van der Waals surface area contributed by atoms with Crippen molar-refractivity contribution in [1.29, 1.82) is 0 Å². The van der Waals surface area contributed by atoms with Crippen molar-refractivity contribution in [3.8, 4) is 17.0 Å². The molecule has 1 heterocycles. The summed E-state index contributed by atoms with van der Waals surface area (Å²) in [4.78, 5) is 10.8. The van der Waals surface area contributed by atoms with Gasteiger partial charge in [0.15, 0.2) is 15.6 Å². The van der Waals surface area contributed by atoms with E-state index in [0.29, 0.717) is 15.7 Å². The van der Waals surface area contributed by atoms with Crippen molar-refractivity contribution < 1.29 is 23.1 Å². The molecule has 2 rings (SSSR count). The number of carbonyl (C=O) groups is 1. The minimum atomic E-state index is -3.52. The maximum atomic E-state index is 11.8. The average molecular weight is 375 g/mol. The van der Waals surface area contributed by atoms with Gasteiger partial charge in [0, 0.05) is 11.8 Å². The minimum Gasteiger partial charge on any atom is -0.494 e. The molecule has 9 heteroatoms. The maximum absolute atomic E-state index is 11.8. The Hall–Kier alpha value is -1.87. The molecule has 0 bridgehead atoms. The topological polar surface area (TPSA) is 109 Å². The first-order chi connectivity index (χ1) is 9.74. The molecule has 21 heavy (non-hydrogen) atoms. The van der Waals surface area contributed by atoms with Gasteiger partial charge in [-0.05, 0) is 34.1 Å². The van der Waals surface area contributed by atoms with Gasteiger partial charge in [0.2, 0.25) is 0 Å². The highest BCUT2D eigenvalue weighted by molar-refractivity contribution is 9.10. The number of nitrogens with one attached hydrogen (secondary N) is 1. The number of halogens is 1. The van der Waals surface area contributed by atoms with Crippen molar-refractivity contribution in [2.24, 2.45) is 0 Å². The van der Waals surface area contributed by atoms with Gasteiger partial charge in [-0.2, -0.15) is 5.10 Å². The van der Waals surface area contributed by atoms with Crippen LogP contribution < -0.4 is 4.74 Å². The molecule has 0 spiro atoms. The largest absolute Gasteiger partial charge is 0.494 e. The Kier molecular flexibility index (Phi) is 4.06. The van der Waals surface area contributed by atoms with Crippen molar-refractivity contribution in [2.75, 3.05) is 13.4 Å². The van der Waals surface area contributed by atoms with E-state index in [1.54, 1.807) is 6.07 Å². The number of aromatic amines is 1. The summed E-state index contributed by atoms with van der Waals surface area (Å²) in [7, 11) is -2.15. The number of methoxy groups -OCH3 is 1. The molecule has 0 radical (unpaired) electrons. The number of aromatic nitrogens is 2. The Morgan fingerprint density at radius 1 is 1.38 bits per heavy atom. The fourth-order valence-corrected chi connectivity index (χ4v) is 3.39. The van der Waals surface area contributed by atoms with Gasteiger partial charge in [0.1, 0.15) is 10.6 Å². The Bertz CT molecular complexity index is 813. The number of carboxylic acids is 1. The van der Waals surface area contributed by atoms with Gasteiger partial charge in [-0.15, -0.1) is 0 Å². The van der Waals surface area contributed by atoms with Crippen LogP contribution >= 0.6 is 15.9 Å². The molecule has 0 atom stereocenters. The van der Waals surface area contributed by atoms with Crippen molar-refractivity contribution >= 4 is 31.7 Å². The third-order valence-corrected chi connectivity index (χ3v) is 4.41. The van der Waals surface area contributed by atoms with Crippen LogP contribution in [0.1, 0.15) is 10.5 Å². The predicted octanol–water partition coefficient (Wildman–Crippen LogP) is 1.95. The standard InChI is InChI=1S/C12H11BrN2O5S/c1-20-11-7(13)3-6(4-10(11)21(2,18)19)8-5-9(12(16)17)15-14-8/h3-5H,1-2H3,(H,14,15)(H,16,17). The Balaban J connectivity index is 2.65. The predicted molar refractivity (Wildman–Crippen MR) is 78.3 cm³/mol. The molecule has 0 amide bonds. The van der Waals surface area contributed by atoms with Crippen LogP contribution in [0.3, 0.4) is 0 Å². The number of ether oxygens (including phenoxy) is 1. The fraction of sp³-hybridized carbons (Fsp3) is 0.167. The van der Waals surface area contributed by atoms with Crippen LogP contribution in [0.15, 0.2) is 27.6 Å². The third kappa shape index (κ3) is 3.08. The van der Waals surface area contributed by atoms with Crippen LogP contribution in [0, 0.1) is 0 Å². The second-order valence-corrected chi connectivity index (χ2v) is 7.07. The van der Waals surface area contributed by atoms with Gasteiger partial charge in [-0.3, -0.25) is 5.10 Å². The number of hydrogen-bond acceptors (Lipinski definition) is 5. The number of H-pyrrole nitrogens is 1. The summed E-state index contributed by atoms with van der Waals surface area (Å²) in [5.74, 6) is -0.958. The van der Waals surface area contributed by atoms with E-state index in [4.69, 9.17) is 9.84 Å². The van der Waals surface area contributed by atoms with Crippen LogP contribution in [-0.2, 0) is 9.84 Å². The van der Waals surface area contributed by atoms with E-state index in [0.717, 1.165) is 6.26 Å². The normalized spacial score (nSPS) is 11.4. The summed E-state index contributed by atoms with van der Waals surface area (Å²) in [6.45, 7) is 0. The molecule has 2 N–H and O–H groups in total. The molecule has 0 fully saturated rings. The van der Waals surface area contributed by atoms with E-state index < -0.39 is 15.8 Å². The van der Waals surface area contributed by atoms with E-state index in [1.807, 2.05) is 0 Å². The Labute approximate surface area is 129 Å². The Morgan fingerprint density at radius 3 is 2.52 bits per heavy atom. The molecular weight excluding hydrogens is 364 g/mol. The zero-order valence-corrected chi connectivity index (χ0v) is 13.4. The van der Waals surface area contributed by atoms with E-state index in [1.165, 1.54) is 19.2 Å². The van der Waals surface area contributed by atoms with Crippen LogP contribution in [0.2, 0.25) is 0 Å². The average Bonchev–Trinajstić information content (AvgIpc) is 2.86. The first kappa shape index (κ1) is 15.5. The monoisotopic (exact) mass is 374 g/mol. The summed E-state index contributed by atoms with van der Waals surface area (Å²) >= 11 is 3.24. The molecule has 2 aromatic rings. The smallest absolute Gasteiger partial charge is 0.353 e. The van der Waals surface area contributed by atoms with Crippen LogP contribution in [0.5, 0.6) is 5.75 Å². The number of benzene rings is 1. The zero-order chi connectivity index (χ0) is 15.8. The second-order valence-electron chi connectivity index (χ2n) is 4.23. The number of aromatic carboxylic acids is 1. The molecule has 1 aromatic heterocycles. The Morgan fingerprint density at radius 2 is 2.05 bits per heavy atom. The molecule has 1 aromatic carbocycles. The van der Waals surface area contributed by atoms with Crippen molar-refractivity contribution in [1.82, 2.24) is 10.2 Å². The lowest BCUT2D eigenvalue weighted by Crippen LogP contribution is -2.02. The number of nitrogens with zero attached hydrogens (tertiary/aromatic N) is 1. The maximum Gasteiger partial charge on any atom is 0.353 e. The lowest BCUT2D eigenvalue weighted by molar-refractivity contribution is 0.0690. The molecule has 0 aliphatic carbocycles. The van der Waals surface area contributed by atoms with Gasteiger partial charge in [-0.25, -0.2) is 13.2 Å². The third-order valence-electron chi connectivity index (χ3n) is 2.72. The van der Waals surface area contributed by atoms with Crippen LogP contribution in [-0.4, -0.2) is 43.1 Å². The van der Waals surface area contributed by atoms with Crippen LogP contribution in [0.25, 0.3) is 11.3 Å². The summed E-state index contributed by atoms with van der Waals surface area (Å²) in [6.07, 6.45) is 1.06. The number of rotatable bonds is 4. The van der Waals surface area contributed by atoms with Crippen molar-refractivity contribution in [2.45, 2.75) is 4.90 Å². The fourth-order valence-electron chi connectivity index (χ4n) is 1.77. The van der Waals surface area contributed by atoms with Crippen molar-refractivity contribution in [3.05, 3.63) is 28.4 Å². The van der Waals surface area contributed by atoms with E-state index in [9.17, 15) is 13.2 Å². The number of sulfone groups is 1. The SMILES string of the molecule is COc1c(Br)cc(-c2cc(C(=O)O)[nH]n2)cc1S(C)(=O)=O. The van der Waals surface area contributed by atoms with Gasteiger partial charge in [-0.1, -0.05) is 0 Å². The number of hydrogen-bond donors (Lipinski definition) is 2. The first-order valence-corrected chi connectivity index (χ1v) is 8.29. The van der Waals surface area contributed by atoms with Gasteiger partial charge in [0.05, 0.1) is 17.3 Å². The molecule has 0 saturated carbocycles. The molecule has 0 aliphatic heterocycles. The molecular formula is C12H11BrN2O5S. The second kappa shape index (κ2) is 5.49. The highest BCUT2D eigenvalue weighted by Gasteiger charge is 2.20. The lowest BCUT2D eigenvalue weighted by atomic mass is 10.1. The van der Waals surface area contributed by atoms with Gasteiger partial charge < -0.3 is 9.84 Å². The van der Waals surface area contributed by atoms with Crippen LogP contribution in [0.4, 0.5) is 0 Å². The highest BCUT2D eigenvalue weighted by Crippen LogP contribution is 2.36. The first-order valence-electron chi connectivity index (χ1n) is 5.60. The van der Waals surface area contributed by atoms with Gasteiger partial charge >= 0.3 is 5.97 Å². The van der Waals surface area contributed by atoms with E-state index in [2.05, 4.69) is 26.1 Å². The summed E-state index contributed by atoms with van der Waals surface area (Å²) < 4.78 is 29.2. The molecule has 7 nitrogen and oxygen atoms in total. The summed E-state index contributed by atoms with van der Waals surface area (Å²) in [5.41, 5.74) is 0.686. The van der Waals surface area contributed by atoms with E-state index >= 15 is 0 Å². The van der Waals surface area contributed by atoms with Gasteiger partial charge in [0.25, 0.3) is 0 Å². The van der Waals surface area contributed by atoms with E-state index in [-0.39, 0.29) is 16.3 Å². The zero-order valence-electron chi connectivity index (χ0n) is 11.0. The molecule has 112 valence electrons. The molecule has 0 aliphatic rings. The quantitative estimate of drug-likeness (QED) is 0.846. The minimum absolute atomic E-state index is 0.00532.